The van der Waals surface area contributed by atoms with Gasteiger partial charge in [0.25, 0.3) is 11.5 Å². The van der Waals surface area contributed by atoms with Crippen LogP contribution in [0.25, 0.3) is 11.1 Å². The Labute approximate surface area is 187 Å². The zero-order valence-electron chi connectivity index (χ0n) is 17.6. The van der Waals surface area contributed by atoms with Crippen LogP contribution in [-0.2, 0) is 30.4 Å². The summed E-state index contributed by atoms with van der Waals surface area (Å²) in [4.78, 5) is 42.1. The molecule has 0 bridgehead atoms. The van der Waals surface area contributed by atoms with Crippen molar-refractivity contribution in [2.75, 3.05) is 13.4 Å². The number of hydrogen-bond donors (Lipinski definition) is 3. The number of carbonyl (C=O) groups excluding carboxylic acids is 1. The van der Waals surface area contributed by atoms with E-state index in [1.165, 1.54) is 24.7 Å². The van der Waals surface area contributed by atoms with Gasteiger partial charge in [0.15, 0.2) is 14.6 Å². The molecule has 1 aromatic carbocycles. The van der Waals surface area contributed by atoms with Crippen molar-refractivity contribution in [1.82, 2.24) is 10.0 Å². The zero-order valence-corrected chi connectivity index (χ0v) is 19.3. The standard InChI is InChI=1S/C18H21F2N2O9PS/c1-18(33(3,28)29,17(24)21-31-32(25,26)27)6-7-22-10-15(20)13(9-16(22)23)12-5-4-11(30-2)8-14(12)19/h4-5,8-10H,6-7H2,1-3H3,(H,21,24)(H2,25,26,27)/t18-/m1/s1. The molecule has 0 radical (unpaired) electrons. The molecule has 0 unspecified atom stereocenters. The Kier molecular flexibility index (Phi) is 7.82. The first kappa shape index (κ1) is 26.6. The highest BCUT2D eigenvalue weighted by molar-refractivity contribution is 7.92. The van der Waals surface area contributed by atoms with Crippen LogP contribution in [0.1, 0.15) is 13.3 Å². The van der Waals surface area contributed by atoms with Crippen molar-refractivity contribution in [3.8, 4) is 16.9 Å². The third-order valence-corrected chi connectivity index (χ3v) is 7.28. The van der Waals surface area contributed by atoms with Crippen LogP contribution in [0.4, 0.5) is 8.78 Å². The SMILES string of the molecule is COc1ccc(-c2cc(=O)n(CC[C@](C)(C(=O)NOP(=O)(O)O)S(C)(=O)=O)cc2F)c(F)c1. The maximum Gasteiger partial charge on any atom is 0.491 e. The van der Waals surface area contributed by atoms with Crippen molar-refractivity contribution >= 4 is 23.6 Å². The lowest BCUT2D eigenvalue weighted by atomic mass is 10.0. The number of rotatable bonds is 9. The highest BCUT2D eigenvalue weighted by Gasteiger charge is 2.44. The van der Waals surface area contributed by atoms with E-state index in [2.05, 4.69) is 4.62 Å². The number of methoxy groups -OCH3 is 1. The van der Waals surface area contributed by atoms with E-state index in [0.717, 1.165) is 29.8 Å². The second kappa shape index (κ2) is 9.69. The quantitative estimate of drug-likeness (QED) is 0.332. The predicted octanol–water partition coefficient (Wildman–Crippen LogP) is 1.14. The molecule has 182 valence electrons. The van der Waals surface area contributed by atoms with Gasteiger partial charge in [0.1, 0.15) is 17.4 Å². The fraction of sp³-hybridized carbons (Fsp3) is 0.333. The largest absolute Gasteiger partial charge is 0.497 e. The summed E-state index contributed by atoms with van der Waals surface area (Å²) in [5, 5.41) is 0. The van der Waals surface area contributed by atoms with E-state index in [0.29, 0.717) is 6.26 Å². The number of pyridine rings is 1. The van der Waals surface area contributed by atoms with E-state index in [4.69, 9.17) is 14.5 Å². The molecule has 1 amide bonds. The van der Waals surface area contributed by atoms with Gasteiger partial charge >= 0.3 is 7.82 Å². The van der Waals surface area contributed by atoms with Gasteiger partial charge in [-0.3, -0.25) is 9.59 Å². The minimum atomic E-state index is -5.15. The van der Waals surface area contributed by atoms with E-state index >= 15 is 0 Å². The van der Waals surface area contributed by atoms with Crippen LogP contribution in [0.15, 0.2) is 35.3 Å². The molecule has 0 aliphatic carbocycles. The highest BCUT2D eigenvalue weighted by Crippen LogP contribution is 2.35. The predicted molar refractivity (Wildman–Crippen MR) is 112 cm³/mol. The van der Waals surface area contributed by atoms with Gasteiger partial charge in [0.2, 0.25) is 0 Å². The van der Waals surface area contributed by atoms with Gasteiger partial charge in [0.05, 0.1) is 7.11 Å². The van der Waals surface area contributed by atoms with Gasteiger partial charge in [0, 0.05) is 42.3 Å². The number of ether oxygens (including phenoxy) is 1. The molecule has 0 fully saturated rings. The summed E-state index contributed by atoms with van der Waals surface area (Å²) in [5.41, 5.74) is 0.0289. The zero-order chi connectivity index (χ0) is 25.2. The van der Waals surface area contributed by atoms with Crippen molar-refractivity contribution in [3.63, 3.8) is 0 Å². The Morgan fingerprint density at radius 1 is 1.21 bits per heavy atom. The smallest absolute Gasteiger partial charge is 0.491 e. The van der Waals surface area contributed by atoms with Crippen molar-refractivity contribution in [3.05, 3.63) is 52.5 Å². The fourth-order valence-electron chi connectivity index (χ4n) is 2.78. The Morgan fingerprint density at radius 2 is 1.85 bits per heavy atom. The Balaban J connectivity index is 2.34. The Hall–Kier alpha value is -2.64. The van der Waals surface area contributed by atoms with Gasteiger partial charge < -0.3 is 19.1 Å². The number of benzene rings is 1. The second-order valence-electron chi connectivity index (χ2n) is 7.18. The molecule has 15 heteroatoms. The van der Waals surface area contributed by atoms with Gasteiger partial charge in [-0.15, -0.1) is 0 Å². The number of hydroxylamine groups is 1. The van der Waals surface area contributed by atoms with Crippen LogP contribution < -0.4 is 15.8 Å². The third-order valence-electron chi connectivity index (χ3n) is 4.93. The van der Waals surface area contributed by atoms with E-state index in [9.17, 15) is 31.4 Å². The molecule has 1 aromatic heterocycles. The van der Waals surface area contributed by atoms with E-state index < -0.39 is 58.5 Å². The molecule has 0 aliphatic heterocycles. The lowest BCUT2D eigenvalue weighted by Gasteiger charge is -2.26. The van der Waals surface area contributed by atoms with Crippen molar-refractivity contribution in [2.24, 2.45) is 0 Å². The van der Waals surface area contributed by atoms with Crippen LogP contribution in [0, 0.1) is 11.6 Å². The molecule has 0 aliphatic rings. The topological polar surface area (TPSA) is 161 Å². The van der Waals surface area contributed by atoms with E-state index in [1.54, 1.807) is 0 Å². The molecule has 2 aromatic rings. The lowest BCUT2D eigenvalue weighted by Crippen LogP contribution is -2.50. The molecule has 2 rings (SSSR count). The van der Waals surface area contributed by atoms with Crippen molar-refractivity contribution in [2.45, 2.75) is 24.6 Å². The van der Waals surface area contributed by atoms with Gasteiger partial charge in [-0.25, -0.2) is 27.2 Å². The first-order valence-corrected chi connectivity index (χ1v) is 12.5. The summed E-state index contributed by atoms with van der Waals surface area (Å²) in [7, 11) is -8.03. The minimum Gasteiger partial charge on any atom is -0.497 e. The third kappa shape index (κ3) is 6.24. The molecular formula is C18H21F2N2O9PS. The lowest BCUT2D eigenvalue weighted by molar-refractivity contribution is -0.131. The summed E-state index contributed by atoms with van der Waals surface area (Å²) in [6.07, 6.45) is 0.842. The molecule has 3 N–H and O–H groups in total. The molecular weight excluding hydrogens is 489 g/mol. The van der Waals surface area contributed by atoms with Crippen molar-refractivity contribution < 1.29 is 45.7 Å². The van der Waals surface area contributed by atoms with Crippen molar-refractivity contribution in [1.29, 1.82) is 0 Å². The highest BCUT2D eigenvalue weighted by atomic mass is 32.2. The molecule has 1 atom stereocenters. The van der Waals surface area contributed by atoms with Crippen LogP contribution >= 0.6 is 7.82 Å². The number of amides is 1. The summed E-state index contributed by atoms with van der Waals surface area (Å²) in [6, 6.07) is 4.42. The maximum atomic E-state index is 14.7. The van der Waals surface area contributed by atoms with Gasteiger partial charge in [-0.2, -0.15) is 4.62 Å². The summed E-state index contributed by atoms with van der Waals surface area (Å²) in [6.45, 7) is 0.469. The summed E-state index contributed by atoms with van der Waals surface area (Å²) >= 11 is 0. The van der Waals surface area contributed by atoms with E-state index in [1.807, 2.05) is 0 Å². The minimum absolute atomic E-state index is 0.186. The maximum absolute atomic E-state index is 14.7. The Bertz CT molecular complexity index is 1280. The summed E-state index contributed by atoms with van der Waals surface area (Å²) in [5.74, 6) is -3.05. The number of sulfone groups is 1. The normalized spacial score (nSPS) is 13.9. The monoisotopic (exact) mass is 510 g/mol. The molecule has 0 saturated carbocycles. The summed E-state index contributed by atoms with van der Waals surface area (Å²) < 4.78 is 71.3. The number of phosphoric acid groups is 1. The fourth-order valence-corrected chi connectivity index (χ4v) is 3.82. The Morgan fingerprint density at radius 3 is 2.36 bits per heavy atom. The number of halogens is 2. The van der Waals surface area contributed by atoms with Crippen LogP contribution in [0.5, 0.6) is 5.75 Å². The average molecular weight is 510 g/mol. The van der Waals surface area contributed by atoms with Crippen LogP contribution in [0.3, 0.4) is 0 Å². The molecule has 11 nitrogen and oxygen atoms in total. The van der Waals surface area contributed by atoms with Crippen LogP contribution in [-0.4, -0.2) is 46.8 Å². The number of nitrogens with zero attached hydrogens (tertiary/aromatic N) is 1. The molecule has 0 spiro atoms. The molecule has 33 heavy (non-hydrogen) atoms. The number of carbonyl (C=O) groups is 1. The number of aryl methyl sites for hydroxylation is 1. The van der Waals surface area contributed by atoms with Gasteiger partial charge in [-0.1, -0.05) is 0 Å². The average Bonchev–Trinajstić information content (AvgIpc) is 2.70. The van der Waals surface area contributed by atoms with Crippen LogP contribution in [0.2, 0.25) is 0 Å². The number of nitrogens with one attached hydrogen (secondary N) is 1. The first-order chi connectivity index (χ1) is 15.1. The second-order valence-corrected chi connectivity index (χ2v) is 10.8. The van der Waals surface area contributed by atoms with E-state index in [-0.39, 0.29) is 16.9 Å². The number of hydrogen-bond acceptors (Lipinski definition) is 7. The molecule has 1 heterocycles. The molecule has 0 saturated heterocycles. The first-order valence-electron chi connectivity index (χ1n) is 9.07. The van der Waals surface area contributed by atoms with Gasteiger partial charge in [-0.05, 0) is 25.5 Å². The number of aromatic nitrogens is 1.